The van der Waals surface area contributed by atoms with Crippen LogP contribution in [0.25, 0.3) is 0 Å². The monoisotopic (exact) mass is 211 g/mol. The van der Waals surface area contributed by atoms with Crippen molar-refractivity contribution in [2.24, 2.45) is 11.7 Å². The summed E-state index contributed by atoms with van der Waals surface area (Å²) in [4.78, 5) is 0. The van der Waals surface area contributed by atoms with Gasteiger partial charge < -0.3 is 10.5 Å². The van der Waals surface area contributed by atoms with Gasteiger partial charge in [0, 0.05) is 12.0 Å². The van der Waals surface area contributed by atoms with Crippen LogP contribution in [0.3, 0.4) is 0 Å². The quantitative estimate of drug-likeness (QED) is 0.830. The molecule has 1 aromatic rings. The summed E-state index contributed by atoms with van der Waals surface area (Å²) < 4.78 is 5.53. The number of hydrogen-bond donors (Lipinski definition) is 1. The molecule has 2 heterocycles. The maximum Gasteiger partial charge on any atom is 0.0551 e. The number of rotatable bonds is 3. The van der Waals surface area contributed by atoms with Gasteiger partial charge >= 0.3 is 0 Å². The van der Waals surface area contributed by atoms with Crippen LogP contribution < -0.4 is 5.73 Å². The normalized spacial score (nSPS) is 29.3. The van der Waals surface area contributed by atoms with E-state index < -0.39 is 0 Å². The van der Waals surface area contributed by atoms with Gasteiger partial charge in [0.25, 0.3) is 0 Å². The highest BCUT2D eigenvalue weighted by molar-refractivity contribution is 7.07. The average Bonchev–Trinajstić information content (AvgIpc) is 2.75. The number of thiophene rings is 1. The van der Waals surface area contributed by atoms with Gasteiger partial charge in [0.2, 0.25) is 0 Å². The van der Waals surface area contributed by atoms with Gasteiger partial charge in [-0.1, -0.05) is 0 Å². The SMILES string of the molecule is CC1CC(C(N)Cc2ccsc2)CO1. The van der Waals surface area contributed by atoms with E-state index in [9.17, 15) is 0 Å². The lowest BCUT2D eigenvalue weighted by Gasteiger charge is -2.16. The lowest BCUT2D eigenvalue weighted by atomic mass is 9.93. The Morgan fingerprint density at radius 1 is 1.71 bits per heavy atom. The maximum absolute atomic E-state index is 6.16. The minimum absolute atomic E-state index is 0.259. The molecule has 3 atom stereocenters. The van der Waals surface area contributed by atoms with Gasteiger partial charge in [0.1, 0.15) is 0 Å². The van der Waals surface area contributed by atoms with Crippen LogP contribution in [-0.4, -0.2) is 18.8 Å². The lowest BCUT2D eigenvalue weighted by molar-refractivity contribution is 0.118. The van der Waals surface area contributed by atoms with E-state index in [-0.39, 0.29) is 6.04 Å². The molecule has 2 rings (SSSR count). The van der Waals surface area contributed by atoms with E-state index in [0.717, 1.165) is 19.4 Å². The fourth-order valence-electron chi connectivity index (χ4n) is 2.00. The van der Waals surface area contributed by atoms with Crippen molar-refractivity contribution in [3.05, 3.63) is 22.4 Å². The molecule has 0 bridgehead atoms. The average molecular weight is 211 g/mol. The molecule has 2 nitrogen and oxygen atoms in total. The van der Waals surface area contributed by atoms with E-state index in [1.807, 2.05) is 0 Å². The summed E-state index contributed by atoms with van der Waals surface area (Å²) in [5.74, 6) is 0.546. The van der Waals surface area contributed by atoms with Crippen LogP contribution in [0.5, 0.6) is 0 Å². The highest BCUT2D eigenvalue weighted by Crippen LogP contribution is 2.23. The first kappa shape index (κ1) is 10.1. The molecule has 2 N–H and O–H groups in total. The Bertz CT molecular complexity index is 273. The fourth-order valence-corrected chi connectivity index (χ4v) is 2.68. The zero-order chi connectivity index (χ0) is 9.97. The Morgan fingerprint density at radius 3 is 3.14 bits per heavy atom. The Hall–Kier alpha value is -0.380. The molecule has 14 heavy (non-hydrogen) atoms. The number of hydrogen-bond acceptors (Lipinski definition) is 3. The van der Waals surface area contributed by atoms with Gasteiger partial charge in [-0.05, 0) is 42.2 Å². The third kappa shape index (κ3) is 2.35. The third-order valence-corrected chi connectivity index (χ3v) is 3.62. The topological polar surface area (TPSA) is 35.2 Å². The molecule has 0 amide bonds. The standard InChI is InChI=1S/C11H17NOS/c1-8-4-10(6-13-8)11(12)5-9-2-3-14-7-9/h2-3,7-8,10-11H,4-6,12H2,1H3. The van der Waals surface area contributed by atoms with Crippen LogP contribution in [0.15, 0.2) is 16.8 Å². The summed E-state index contributed by atoms with van der Waals surface area (Å²) in [7, 11) is 0. The van der Waals surface area contributed by atoms with Crippen molar-refractivity contribution < 1.29 is 4.74 Å². The molecule has 0 spiro atoms. The van der Waals surface area contributed by atoms with Crippen molar-refractivity contribution in [2.75, 3.05) is 6.61 Å². The van der Waals surface area contributed by atoms with E-state index in [2.05, 4.69) is 23.8 Å². The minimum atomic E-state index is 0.259. The molecule has 0 aliphatic carbocycles. The first-order valence-electron chi connectivity index (χ1n) is 5.14. The second kappa shape index (κ2) is 4.43. The molecule has 0 saturated carbocycles. The van der Waals surface area contributed by atoms with Gasteiger partial charge in [-0.15, -0.1) is 0 Å². The van der Waals surface area contributed by atoms with Gasteiger partial charge in [0.15, 0.2) is 0 Å². The highest BCUT2D eigenvalue weighted by Gasteiger charge is 2.27. The Morgan fingerprint density at radius 2 is 2.57 bits per heavy atom. The maximum atomic E-state index is 6.16. The largest absolute Gasteiger partial charge is 0.378 e. The summed E-state index contributed by atoms with van der Waals surface area (Å²) in [5.41, 5.74) is 7.52. The van der Waals surface area contributed by atoms with Crippen LogP contribution in [0.1, 0.15) is 18.9 Å². The summed E-state index contributed by atoms with van der Waals surface area (Å²) in [6, 6.07) is 2.42. The highest BCUT2D eigenvalue weighted by atomic mass is 32.1. The Kier molecular flexibility index (Phi) is 3.21. The van der Waals surface area contributed by atoms with Gasteiger partial charge in [-0.2, -0.15) is 11.3 Å². The van der Waals surface area contributed by atoms with Crippen LogP contribution >= 0.6 is 11.3 Å². The molecule has 78 valence electrons. The second-order valence-corrected chi connectivity index (χ2v) is 4.92. The zero-order valence-electron chi connectivity index (χ0n) is 8.48. The molecule has 3 heteroatoms. The van der Waals surface area contributed by atoms with Crippen LogP contribution in [0.2, 0.25) is 0 Å². The molecule has 1 aromatic heterocycles. The zero-order valence-corrected chi connectivity index (χ0v) is 9.30. The summed E-state index contributed by atoms with van der Waals surface area (Å²) in [5, 5.41) is 4.29. The van der Waals surface area contributed by atoms with Crippen molar-refractivity contribution >= 4 is 11.3 Å². The molecular formula is C11H17NOS. The molecule has 1 fully saturated rings. The molecule has 1 aliphatic rings. The summed E-state index contributed by atoms with van der Waals surface area (Å²) in [6.45, 7) is 2.96. The van der Waals surface area contributed by atoms with E-state index >= 15 is 0 Å². The molecule has 3 unspecified atom stereocenters. The summed E-state index contributed by atoms with van der Waals surface area (Å²) >= 11 is 1.74. The van der Waals surface area contributed by atoms with E-state index in [4.69, 9.17) is 10.5 Å². The first-order valence-corrected chi connectivity index (χ1v) is 6.08. The van der Waals surface area contributed by atoms with Crippen molar-refractivity contribution in [1.29, 1.82) is 0 Å². The molecule has 1 aliphatic heterocycles. The summed E-state index contributed by atoms with van der Waals surface area (Å²) in [6.07, 6.45) is 2.50. The van der Waals surface area contributed by atoms with Gasteiger partial charge in [0.05, 0.1) is 12.7 Å². The second-order valence-electron chi connectivity index (χ2n) is 4.14. The van der Waals surface area contributed by atoms with Crippen molar-refractivity contribution in [1.82, 2.24) is 0 Å². The van der Waals surface area contributed by atoms with Crippen LogP contribution in [-0.2, 0) is 11.2 Å². The third-order valence-electron chi connectivity index (χ3n) is 2.89. The molecular weight excluding hydrogens is 194 g/mol. The van der Waals surface area contributed by atoms with Gasteiger partial charge in [-0.3, -0.25) is 0 Å². The van der Waals surface area contributed by atoms with Crippen molar-refractivity contribution in [3.63, 3.8) is 0 Å². The predicted octanol–water partition coefficient (Wildman–Crippen LogP) is 2.04. The number of ether oxygens (including phenoxy) is 1. The van der Waals surface area contributed by atoms with Crippen molar-refractivity contribution in [3.8, 4) is 0 Å². The lowest BCUT2D eigenvalue weighted by Crippen LogP contribution is -2.32. The fraction of sp³-hybridized carbons (Fsp3) is 0.636. The van der Waals surface area contributed by atoms with Crippen LogP contribution in [0.4, 0.5) is 0 Å². The van der Waals surface area contributed by atoms with E-state index in [1.165, 1.54) is 5.56 Å². The molecule has 0 aromatic carbocycles. The van der Waals surface area contributed by atoms with Gasteiger partial charge in [-0.25, -0.2) is 0 Å². The molecule has 1 saturated heterocycles. The first-order chi connectivity index (χ1) is 6.75. The van der Waals surface area contributed by atoms with Crippen LogP contribution in [0, 0.1) is 5.92 Å². The van der Waals surface area contributed by atoms with E-state index in [0.29, 0.717) is 12.0 Å². The Balaban J connectivity index is 1.87. The minimum Gasteiger partial charge on any atom is -0.378 e. The van der Waals surface area contributed by atoms with E-state index in [1.54, 1.807) is 11.3 Å². The predicted molar refractivity (Wildman–Crippen MR) is 59.5 cm³/mol. The number of nitrogens with two attached hydrogens (primary N) is 1. The smallest absolute Gasteiger partial charge is 0.0551 e. The van der Waals surface area contributed by atoms with Crippen molar-refractivity contribution in [2.45, 2.75) is 31.9 Å². The Labute approximate surface area is 89.1 Å². The molecule has 0 radical (unpaired) electrons.